The van der Waals surface area contributed by atoms with Gasteiger partial charge in [-0.3, -0.25) is 0 Å². The summed E-state index contributed by atoms with van der Waals surface area (Å²) in [5, 5.41) is 6.84. The van der Waals surface area contributed by atoms with E-state index >= 15 is 0 Å². The maximum absolute atomic E-state index is 13.5. The Morgan fingerprint density at radius 1 is 1.07 bits per heavy atom. The fourth-order valence-electron chi connectivity index (χ4n) is 4.38. The van der Waals surface area contributed by atoms with Gasteiger partial charge in [0.2, 0.25) is 0 Å². The number of benzene rings is 3. The van der Waals surface area contributed by atoms with Crippen LogP contribution in [0, 0.1) is 5.82 Å². The van der Waals surface area contributed by atoms with Crippen LogP contribution in [-0.2, 0) is 21.2 Å². The van der Waals surface area contributed by atoms with Crippen molar-refractivity contribution < 1.29 is 22.3 Å². The molecule has 2 aromatic heterocycles. The highest BCUT2D eigenvalue weighted by molar-refractivity contribution is 9.10. The molecule has 0 radical (unpaired) electrons. The molecule has 0 aliphatic heterocycles. The quantitative estimate of drug-likeness (QED) is 0.140. The van der Waals surface area contributed by atoms with Crippen LogP contribution in [0.3, 0.4) is 0 Å². The number of nitrogens with zero attached hydrogens (tertiary/aromatic N) is 3. The van der Waals surface area contributed by atoms with Crippen LogP contribution in [0.25, 0.3) is 22.2 Å². The zero-order valence-electron chi connectivity index (χ0n) is 23.8. The number of aromatic nitrogens is 3. The standard InChI is InChI=1S/C31H30BrFN4O4S2/c1-4-28(41-19(3)43(38,39)5-2)31-37-27(17-42-31)21-9-11-26-24(14-21)30(35-18-34-26)36-23-10-12-29(25(32)15-23)40-16-20-7-6-8-22(33)13-20/h6-15,17-19,28H,4-5,16H2,1-3H3,(H,34,35,36). The number of rotatable bonds is 12. The molecule has 43 heavy (non-hydrogen) atoms. The fourth-order valence-corrected chi connectivity index (χ4v) is 6.60. The van der Waals surface area contributed by atoms with Crippen LogP contribution in [0.1, 0.15) is 43.9 Å². The molecule has 0 saturated heterocycles. The second kappa shape index (κ2) is 13.5. The third-order valence-electron chi connectivity index (χ3n) is 6.84. The number of thiazole rings is 1. The minimum atomic E-state index is -3.32. The largest absolute Gasteiger partial charge is 0.488 e. The van der Waals surface area contributed by atoms with E-state index < -0.39 is 21.4 Å². The highest BCUT2D eigenvalue weighted by atomic mass is 79.9. The number of fused-ring (bicyclic) bond motifs is 1. The molecular formula is C31H30BrFN4O4S2. The van der Waals surface area contributed by atoms with Crippen molar-refractivity contribution >= 4 is 59.5 Å². The van der Waals surface area contributed by atoms with Crippen molar-refractivity contribution in [3.63, 3.8) is 0 Å². The van der Waals surface area contributed by atoms with Gasteiger partial charge in [-0.25, -0.2) is 27.8 Å². The molecule has 12 heteroatoms. The molecule has 0 amide bonds. The average molecular weight is 686 g/mol. The van der Waals surface area contributed by atoms with E-state index in [0.717, 1.165) is 42.9 Å². The Balaban J connectivity index is 1.34. The van der Waals surface area contributed by atoms with Crippen molar-refractivity contribution in [3.05, 3.63) is 93.2 Å². The Kier molecular flexibility index (Phi) is 9.70. The maximum Gasteiger partial charge on any atom is 0.176 e. The normalized spacial score (nSPS) is 13.1. The zero-order valence-corrected chi connectivity index (χ0v) is 27.0. The molecule has 0 bridgehead atoms. The van der Waals surface area contributed by atoms with Crippen LogP contribution in [0.15, 0.2) is 76.8 Å². The van der Waals surface area contributed by atoms with Gasteiger partial charge in [-0.05, 0) is 77.3 Å². The first kappa shape index (κ1) is 31.0. The zero-order chi connectivity index (χ0) is 30.6. The first-order valence-corrected chi connectivity index (χ1v) is 17.1. The van der Waals surface area contributed by atoms with Crippen LogP contribution in [0.5, 0.6) is 5.75 Å². The highest BCUT2D eigenvalue weighted by Gasteiger charge is 2.25. The van der Waals surface area contributed by atoms with Gasteiger partial charge in [-0.1, -0.05) is 32.0 Å². The Morgan fingerprint density at radius 2 is 1.91 bits per heavy atom. The molecule has 8 nitrogen and oxygen atoms in total. The molecule has 0 spiro atoms. The summed E-state index contributed by atoms with van der Waals surface area (Å²) in [6, 6.07) is 17.7. The second-order valence-corrected chi connectivity index (χ2v) is 14.1. The number of nitrogens with one attached hydrogen (secondary N) is 1. The molecule has 224 valence electrons. The Hall–Kier alpha value is -3.45. The minimum Gasteiger partial charge on any atom is -0.488 e. The first-order valence-electron chi connectivity index (χ1n) is 13.7. The molecule has 5 rings (SSSR count). The summed E-state index contributed by atoms with van der Waals surface area (Å²) in [6.07, 6.45) is 1.68. The van der Waals surface area contributed by atoms with E-state index in [1.165, 1.54) is 29.8 Å². The Bertz CT molecular complexity index is 1850. The van der Waals surface area contributed by atoms with Crippen LogP contribution in [-0.4, -0.2) is 34.6 Å². The van der Waals surface area contributed by atoms with Crippen molar-refractivity contribution in [2.45, 2.75) is 45.3 Å². The van der Waals surface area contributed by atoms with Gasteiger partial charge < -0.3 is 14.8 Å². The van der Waals surface area contributed by atoms with E-state index in [4.69, 9.17) is 14.5 Å². The fraction of sp³-hybridized carbons (Fsp3) is 0.258. The number of hydrogen-bond donors (Lipinski definition) is 1. The van der Waals surface area contributed by atoms with Crippen molar-refractivity contribution in [2.24, 2.45) is 0 Å². The van der Waals surface area contributed by atoms with E-state index in [2.05, 4.69) is 31.2 Å². The van der Waals surface area contributed by atoms with Gasteiger partial charge in [0.05, 0.1) is 15.7 Å². The lowest BCUT2D eigenvalue weighted by atomic mass is 10.1. The number of sulfone groups is 1. The van der Waals surface area contributed by atoms with Crippen LogP contribution >= 0.6 is 27.3 Å². The van der Waals surface area contributed by atoms with Crippen LogP contribution < -0.4 is 10.1 Å². The van der Waals surface area contributed by atoms with E-state index in [-0.39, 0.29) is 18.2 Å². The lowest BCUT2D eigenvalue weighted by Crippen LogP contribution is -2.24. The molecule has 0 saturated carbocycles. The van der Waals surface area contributed by atoms with E-state index in [0.29, 0.717) is 18.0 Å². The number of halogens is 2. The van der Waals surface area contributed by atoms with E-state index in [1.807, 2.05) is 54.8 Å². The minimum absolute atomic E-state index is 0.0225. The maximum atomic E-state index is 13.5. The predicted octanol–water partition coefficient (Wildman–Crippen LogP) is 8.23. The van der Waals surface area contributed by atoms with Crippen molar-refractivity contribution in [1.82, 2.24) is 15.0 Å². The SMILES string of the molecule is CCC(OC(C)S(=O)(=O)CC)c1nc(-c2ccc3ncnc(Nc4ccc(OCc5cccc(F)c5)c(Br)c4)c3c2)cs1. The molecular weight excluding hydrogens is 655 g/mol. The molecule has 3 aromatic carbocycles. The Morgan fingerprint density at radius 3 is 2.65 bits per heavy atom. The van der Waals surface area contributed by atoms with Crippen LogP contribution in [0.2, 0.25) is 0 Å². The molecule has 2 unspecified atom stereocenters. The van der Waals surface area contributed by atoms with E-state index in [1.54, 1.807) is 19.9 Å². The molecule has 0 aliphatic carbocycles. The summed E-state index contributed by atoms with van der Waals surface area (Å²) in [5.41, 5.74) is 3.01. The summed E-state index contributed by atoms with van der Waals surface area (Å²) in [5.74, 6) is 0.967. The molecule has 0 fully saturated rings. The molecule has 1 N–H and O–H groups in total. The number of anilines is 2. The van der Waals surface area contributed by atoms with Gasteiger partial charge >= 0.3 is 0 Å². The van der Waals surface area contributed by atoms with Gasteiger partial charge in [-0.15, -0.1) is 11.3 Å². The van der Waals surface area contributed by atoms with Crippen molar-refractivity contribution in [2.75, 3.05) is 11.1 Å². The van der Waals surface area contributed by atoms with Gasteiger partial charge in [0.15, 0.2) is 15.3 Å². The summed E-state index contributed by atoms with van der Waals surface area (Å²) in [6.45, 7) is 5.37. The molecule has 5 aromatic rings. The van der Waals surface area contributed by atoms with Gasteiger partial charge in [0.1, 0.15) is 41.4 Å². The van der Waals surface area contributed by atoms with Gasteiger partial charge in [-0.2, -0.15) is 0 Å². The predicted molar refractivity (Wildman–Crippen MR) is 172 cm³/mol. The second-order valence-electron chi connectivity index (χ2n) is 9.77. The highest BCUT2D eigenvalue weighted by Crippen LogP contribution is 2.34. The lowest BCUT2D eigenvalue weighted by Gasteiger charge is -2.19. The molecule has 2 atom stereocenters. The third kappa shape index (κ3) is 7.38. The van der Waals surface area contributed by atoms with E-state index in [9.17, 15) is 12.8 Å². The topological polar surface area (TPSA) is 103 Å². The summed E-state index contributed by atoms with van der Waals surface area (Å²) in [4.78, 5) is 13.7. The summed E-state index contributed by atoms with van der Waals surface area (Å²) < 4.78 is 50.5. The number of hydrogen-bond acceptors (Lipinski definition) is 9. The lowest BCUT2D eigenvalue weighted by molar-refractivity contribution is 0.0353. The third-order valence-corrected chi connectivity index (χ3v) is 10.3. The summed E-state index contributed by atoms with van der Waals surface area (Å²) in [7, 11) is -3.32. The molecule has 2 heterocycles. The van der Waals surface area contributed by atoms with Gasteiger partial charge in [0.25, 0.3) is 0 Å². The van der Waals surface area contributed by atoms with Crippen molar-refractivity contribution in [3.8, 4) is 17.0 Å². The Labute approximate surface area is 262 Å². The number of ether oxygens (including phenoxy) is 2. The smallest absolute Gasteiger partial charge is 0.176 e. The van der Waals surface area contributed by atoms with Crippen molar-refractivity contribution in [1.29, 1.82) is 0 Å². The molecule has 0 aliphatic rings. The average Bonchev–Trinajstić information content (AvgIpc) is 3.49. The first-order chi connectivity index (χ1) is 20.7. The van der Waals surface area contributed by atoms with Gasteiger partial charge in [0, 0.05) is 27.8 Å². The summed E-state index contributed by atoms with van der Waals surface area (Å²) >= 11 is 5.01. The monoisotopic (exact) mass is 684 g/mol. The van der Waals surface area contributed by atoms with Crippen LogP contribution in [0.4, 0.5) is 15.9 Å².